The van der Waals surface area contributed by atoms with Gasteiger partial charge in [-0.1, -0.05) is 51.1 Å². The van der Waals surface area contributed by atoms with Crippen molar-refractivity contribution in [1.82, 2.24) is 10.7 Å². The summed E-state index contributed by atoms with van der Waals surface area (Å²) in [6, 6.07) is 10.5. The Balaban J connectivity index is 2.34. The van der Waals surface area contributed by atoms with E-state index in [-0.39, 0.29) is 0 Å². The minimum atomic E-state index is 0.526. The Labute approximate surface area is 116 Å². The van der Waals surface area contributed by atoms with Crippen LogP contribution in [0.3, 0.4) is 0 Å². The van der Waals surface area contributed by atoms with Gasteiger partial charge in [-0.3, -0.25) is 10.4 Å². The van der Waals surface area contributed by atoms with Gasteiger partial charge in [0.25, 0.3) is 0 Å². The van der Waals surface area contributed by atoms with Crippen molar-refractivity contribution in [2.75, 3.05) is 13.1 Å². The van der Waals surface area contributed by atoms with Crippen molar-refractivity contribution in [2.45, 2.75) is 33.1 Å². The molecule has 0 bridgehead atoms. The van der Waals surface area contributed by atoms with Gasteiger partial charge < -0.3 is 5.32 Å². The van der Waals surface area contributed by atoms with Gasteiger partial charge in [-0.15, -0.1) is 0 Å². The summed E-state index contributed by atoms with van der Waals surface area (Å²) in [6.07, 6.45) is 1.05. The van der Waals surface area contributed by atoms with Crippen molar-refractivity contribution in [2.24, 2.45) is 16.8 Å². The molecule has 0 aromatic heterocycles. The van der Waals surface area contributed by atoms with E-state index in [1.165, 1.54) is 5.56 Å². The molecule has 106 valence electrons. The van der Waals surface area contributed by atoms with Crippen LogP contribution in [-0.2, 0) is 0 Å². The van der Waals surface area contributed by atoms with Crippen LogP contribution < -0.4 is 16.6 Å². The maximum Gasteiger partial charge on any atom is 0.205 e. The van der Waals surface area contributed by atoms with Gasteiger partial charge in [-0.05, 0) is 23.8 Å². The second-order valence-corrected chi connectivity index (χ2v) is 5.25. The zero-order valence-electron chi connectivity index (χ0n) is 12.2. The molecule has 0 aliphatic rings. The minimum Gasteiger partial charge on any atom is -0.355 e. The molecule has 0 heterocycles. The highest BCUT2D eigenvalue weighted by molar-refractivity contribution is 5.79. The predicted octanol–water partition coefficient (Wildman–Crippen LogP) is 2.25. The van der Waals surface area contributed by atoms with Crippen molar-refractivity contribution in [3.8, 4) is 0 Å². The summed E-state index contributed by atoms with van der Waals surface area (Å²) < 4.78 is 0. The molecule has 4 heteroatoms. The fourth-order valence-electron chi connectivity index (χ4n) is 1.78. The fourth-order valence-corrected chi connectivity index (χ4v) is 1.78. The number of aliphatic imine (C=N–C) groups is 1. The average Bonchev–Trinajstić information content (AvgIpc) is 2.43. The van der Waals surface area contributed by atoms with E-state index in [1.54, 1.807) is 0 Å². The smallest absolute Gasteiger partial charge is 0.205 e. The van der Waals surface area contributed by atoms with Crippen LogP contribution in [-0.4, -0.2) is 19.0 Å². The third-order valence-corrected chi connectivity index (χ3v) is 2.99. The summed E-state index contributed by atoms with van der Waals surface area (Å²) in [5.74, 6) is 7.18. The Morgan fingerprint density at radius 1 is 1.21 bits per heavy atom. The van der Waals surface area contributed by atoms with Gasteiger partial charge in [0.15, 0.2) is 0 Å². The molecule has 1 aromatic rings. The summed E-state index contributed by atoms with van der Waals surface area (Å²) >= 11 is 0. The van der Waals surface area contributed by atoms with Gasteiger partial charge in [-0.25, -0.2) is 5.84 Å². The van der Waals surface area contributed by atoms with E-state index in [2.05, 4.69) is 60.8 Å². The molecule has 1 rings (SSSR count). The highest BCUT2D eigenvalue weighted by atomic mass is 15.3. The lowest BCUT2D eigenvalue weighted by molar-refractivity contribution is 0.637. The third kappa shape index (κ3) is 6.25. The molecule has 4 N–H and O–H groups in total. The molecule has 1 aromatic carbocycles. The maximum absolute atomic E-state index is 5.44. The lowest BCUT2D eigenvalue weighted by atomic mass is 9.98. The first kappa shape index (κ1) is 15.5. The normalized spacial score (nSPS) is 13.4. The minimum absolute atomic E-state index is 0.526. The number of benzene rings is 1. The van der Waals surface area contributed by atoms with E-state index in [0.29, 0.717) is 17.8 Å². The van der Waals surface area contributed by atoms with Crippen LogP contribution in [0.15, 0.2) is 35.3 Å². The molecule has 4 nitrogen and oxygen atoms in total. The lowest BCUT2D eigenvalue weighted by Crippen LogP contribution is -2.42. The second kappa shape index (κ2) is 8.53. The van der Waals surface area contributed by atoms with Gasteiger partial charge in [0.2, 0.25) is 5.96 Å². The van der Waals surface area contributed by atoms with Crippen LogP contribution >= 0.6 is 0 Å². The van der Waals surface area contributed by atoms with E-state index >= 15 is 0 Å². The quantitative estimate of drug-likeness (QED) is 0.319. The average molecular weight is 262 g/mol. The highest BCUT2D eigenvalue weighted by Gasteiger charge is 2.05. The fraction of sp³-hybridized carbons (Fsp3) is 0.533. The molecule has 0 aliphatic carbocycles. The predicted molar refractivity (Wildman–Crippen MR) is 81.9 cm³/mol. The summed E-state index contributed by atoms with van der Waals surface area (Å²) in [5, 5.41) is 3.24. The number of nitrogens with zero attached hydrogens (tertiary/aromatic N) is 1. The molecular weight excluding hydrogens is 236 g/mol. The highest BCUT2D eigenvalue weighted by Crippen LogP contribution is 2.17. The summed E-state index contributed by atoms with van der Waals surface area (Å²) in [5.41, 5.74) is 3.98. The van der Waals surface area contributed by atoms with Gasteiger partial charge in [0.05, 0.1) is 0 Å². The third-order valence-electron chi connectivity index (χ3n) is 2.99. The first-order valence-electron chi connectivity index (χ1n) is 6.93. The monoisotopic (exact) mass is 262 g/mol. The molecule has 0 spiro atoms. The molecule has 0 fully saturated rings. The Kier molecular flexibility index (Phi) is 6.97. The number of rotatable bonds is 6. The van der Waals surface area contributed by atoms with E-state index in [0.717, 1.165) is 19.5 Å². The first-order chi connectivity index (χ1) is 9.13. The van der Waals surface area contributed by atoms with E-state index < -0.39 is 0 Å². The Hall–Kier alpha value is -1.55. The first-order valence-corrected chi connectivity index (χ1v) is 6.93. The van der Waals surface area contributed by atoms with Crippen LogP contribution in [0.25, 0.3) is 0 Å². The van der Waals surface area contributed by atoms with E-state index in [9.17, 15) is 0 Å². The van der Waals surface area contributed by atoms with Crippen LogP contribution in [0.1, 0.15) is 38.7 Å². The van der Waals surface area contributed by atoms with E-state index in [1.807, 2.05) is 6.07 Å². The number of nitrogens with two attached hydrogens (primary N) is 1. The molecule has 0 saturated carbocycles. The molecule has 0 amide bonds. The zero-order valence-corrected chi connectivity index (χ0v) is 12.2. The molecule has 1 atom stereocenters. The molecule has 19 heavy (non-hydrogen) atoms. The summed E-state index contributed by atoms with van der Waals surface area (Å²) in [4.78, 5) is 4.38. The van der Waals surface area contributed by atoms with Crippen LogP contribution in [0.5, 0.6) is 0 Å². The van der Waals surface area contributed by atoms with Crippen LogP contribution in [0.4, 0.5) is 0 Å². The van der Waals surface area contributed by atoms with E-state index in [4.69, 9.17) is 5.84 Å². The van der Waals surface area contributed by atoms with Crippen LogP contribution in [0.2, 0.25) is 0 Å². The van der Waals surface area contributed by atoms with Crippen molar-refractivity contribution >= 4 is 5.96 Å². The SMILES string of the molecule is CC(C)CN=C(NN)NCCC(C)c1ccccc1. The van der Waals surface area contributed by atoms with Crippen LogP contribution in [0, 0.1) is 5.92 Å². The van der Waals surface area contributed by atoms with Crippen molar-refractivity contribution in [3.05, 3.63) is 35.9 Å². The van der Waals surface area contributed by atoms with Crippen molar-refractivity contribution < 1.29 is 0 Å². The molecule has 0 radical (unpaired) electrons. The van der Waals surface area contributed by atoms with Gasteiger partial charge in [0.1, 0.15) is 0 Å². The molecular formula is C15H26N4. The topological polar surface area (TPSA) is 62.4 Å². The number of hydrogen-bond donors (Lipinski definition) is 3. The standard InChI is InChI=1S/C15H26N4/c1-12(2)11-18-15(19-16)17-10-9-13(3)14-7-5-4-6-8-14/h4-8,12-13H,9-11,16H2,1-3H3,(H2,17,18,19). The lowest BCUT2D eigenvalue weighted by Gasteiger charge is -2.14. The van der Waals surface area contributed by atoms with Crippen molar-refractivity contribution in [3.63, 3.8) is 0 Å². The van der Waals surface area contributed by atoms with Crippen molar-refractivity contribution in [1.29, 1.82) is 0 Å². The largest absolute Gasteiger partial charge is 0.355 e. The number of guanidine groups is 1. The van der Waals surface area contributed by atoms with Gasteiger partial charge in [-0.2, -0.15) is 0 Å². The Morgan fingerprint density at radius 3 is 2.47 bits per heavy atom. The number of nitrogens with one attached hydrogen (secondary N) is 2. The number of hydrogen-bond acceptors (Lipinski definition) is 2. The summed E-state index contributed by atoms with van der Waals surface area (Å²) in [7, 11) is 0. The molecule has 0 aliphatic heterocycles. The molecule has 0 saturated heterocycles. The number of hydrazine groups is 1. The summed E-state index contributed by atoms with van der Waals surface area (Å²) in [6.45, 7) is 8.14. The van der Waals surface area contributed by atoms with Gasteiger partial charge >= 0.3 is 0 Å². The Bertz CT molecular complexity index is 373. The Morgan fingerprint density at radius 2 is 1.89 bits per heavy atom. The molecule has 1 unspecified atom stereocenters. The second-order valence-electron chi connectivity index (χ2n) is 5.25. The maximum atomic E-state index is 5.44. The van der Waals surface area contributed by atoms with Gasteiger partial charge in [0, 0.05) is 13.1 Å². The zero-order chi connectivity index (χ0) is 14.1.